The third kappa shape index (κ3) is 3.26. The lowest BCUT2D eigenvalue weighted by Crippen LogP contribution is -2.05. The van der Waals surface area contributed by atoms with Gasteiger partial charge in [-0.3, -0.25) is 4.98 Å². The number of nitrogens with zero attached hydrogens (tertiary/aromatic N) is 2. The first-order chi connectivity index (χ1) is 8.28. The van der Waals surface area contributed by atoms with Gasteiger partial charge in [0, 0.05) is 24.5 Å². The Morgan fingerprint density at radius 2 is 2.00 bits per heavy atom. The molecule has 0 radical (unpaired) electrons. The molecule has 0 fully saturated rings. The molecule has 0 aliphatic rings. The standard InChI is InChI=1S/C13H15N3O/c1-10-3-5-12(9-15-10)17-13-6-4-11(7-14-2)8-16-13/h3-6,8-9,14H,7H2,1-2H3. The van der Waals surface area contributed by atoms with E-state index in [1.807, 2.05) is 38.2 Å². The Morgan fingerprint density at radius 3 is 2.59 bits per heavy atom. The lowest BCUT2D eigenvalue weighted by Gasteiger charge is -2.05. The fourth-order valence-corrected chi connectivity index (χ4v) is 1.42. The minimum Gasteiger partial charge on any atom is -0.437 e. The van der Waals surface area contributed by atoms with Gasteiger partial charge in [-0.1, -0.05) is 6.07 Å². The SMILES string of the molecule is CNCc1ccc(Oc2ccc(C)nc2)nc1. The van der Waals surface area contributed by atoms with Gasteiger partial charge in [0.2, 0.25) is 5.88 Å². The van der Waals surface area contributed by atoms with Gasteiger partial charge in [-0.25, -0.2) is 4.98 Å². The van der Waals surface area contributed by atoms with Gasteiger partial charge in [0.15, 0.2) is 0 Å². The summed E-state index contributed by atoms with van der Waals surface area (Å²) < 4.78 is 5.57. The average molecular weight is 229 g/mol. The Labute approximate surface area is 101 Å². The predicted octanol–water partition coefficient (Wildman–Crippen LogP) is 2.30. The van der Waals surface area contributed by atoms with Crippen molar-refractivity contribution in [2.45, 2.75) is 13.5 Å². The maximum Gasteiger partial charge on any atom is 0.219 e. The maximum atomic E-state index is 5.57. The Kier molecular flexibility index (Phi) is 3.67. The number of ether oxygens (including phenoxy) is 1. The number of pyridine rings is 2. The lowest BCUT2D eigenvalue weighted by molar-refractivity contribution is 0.460. The zero-order chi connectivity index (χ0) is 12.1. The Bertz CT molecular complexity index is 465. The molecule has 4 heteroatoms. The molecule has 0 bridgehead atoms. The Morgan fingerprint density at radius 1 is 1.12 bits per heavy atom. The van der Waals surface area contributed by atoms with Crippen LogP contribution in [-0.2, 0) is 6.54 Å². The van der Waals surface area contributed by atoms with Crippen molar-refractivity contribution >= 4 is 0 Å². The van der Waals surface area contributed by atoms with Crippen LogP contribution in [0.3, 0.4) is 0 Å². The zero-order valence-corrected chi connectivity index (χ0v) is 9.97. The van der Waals surface area contributed by atoms with Crippen LogP contribution in [0.1, 0.15) is 11.3 Å². The van der Waals surface area contributed by atoms with Gasteiger partial charge in [0.1, 0.15) is 5.75 Å². The van der Waals surface area contributed by atoms with Gasteiger partial charge < -0.3 is 10.1 Å². The molecule has 0 aliphatic carbocycles. The molecule has 4 nitrogen and oxygen atoms in total. The van der Waals surface area contributed by atoms with E-state index in [0.29, 0.717) is 11.6 Å². The van der Waals surface area contributed by atoms with Gasteiger partial charge in [-0.15, -0.1) is 0 Å². The molecule has 1 N–H and O–H groups in total. The van der Waals surface area contributed by atoms with E-state index in [9.17, 15) is 0 Å². The number of nitrogens with one attached hydrogen (secondary N) is 1. The quantitative estimate of drug-likeness (QED) is 0.873. The summed E-state index contributed by atoms with van der Waals surface area (Å²) in [6.45, 7) is 2.74. The van der Waals surface area contributed by atoms with Crippen molar-refractivity contribution in [2.75, 3.05) is 7.05 Å². The molecule has 0 amide bonds. The molecular weight excluding hydrogens is 214 g/mol. The van der Waals surface area contributed by atoms with Crippen LogP contribution in [0.5, 0.6) is 11.6 Å². The molecule has 0 spiro atoms. The second-order valence-corrected chi connectivity index (χ2v) is 3.77. The number of hydrogen-bond donors (Lipinski definition) is 1. The summed E-state index contributed by atoms with van der Waals surface area (Å²) in [5.74, 6) is 1.28. The van der Waals surface area contributed by atoms with E-state index in [4.69, 9.17) is 4.74 Å². The molecule has 0 saturated carbocycles. The van der Waals surface area contributed by atoms with Crippen LogP contribution in [-0.4, -0.2) is 17.0 Å². The summed E-state index contributed by atoms with van der Waals surface area (Å²) in [7, 11) is 1.91. The van der Waals surface area contributed by atoms with Crippen LogP contribution in [0, 0.1) is 6.92 Å². The van der Waals surface area contributed by atoms with Gasteiger partial charge in [0.05, 0.1) is 6.20 Å². The number of aryl methyl sites for hydroxylation is 1. The number of aromatic nitrogens is 2. The topological polar surface area (TPSA) is 47.0 Å². The fourth-order valence-electron chi connectivity index (χ4n) is 1.42. The summed E-state index contributed by atoms with van der Waals surface area (Å²) in [4.78, 5) is 8.38. The van der Waals surface area contributed by atoms with E-state index in [0.717, 1.165) is 17.8 Å². The molecule has 0 unspecified atom stereocenters. The van der Waals surface area contributed by atoms with Crippen LogP contribution >= 0.6 is 0 Å². The molecular formula is C13H15N3O. The molecule has 0 aromatic carbocycles. The molecule has 0 aliphatic heterocycles. The minimum atomic E-state index is 0.579. The van der Waals surface area contributed by atoms with Gasteiger partial charge >= 0.3 is 0 Å². The average Bonchev–Trinajstić information content (AvgIpc) is 2.35. The summed E-state index contributed by atoms with van der Waals surface area (Å²) >= 11 is 0. The van der Waals surface area contributed by atoms with Crippen LogP contribution in [0.2, 0.25) is 0 Å². The second-order valence-electron chi connectivity index (χ2n) is 3.77. The van der Waals surface area contributed by atoms with E-state index in [1.165, 1.54) is 0 Å². The number of rotatable bonds is 4. The lowest BCUT2D eigenvalue weighted by atomic mass is 10.3. The summed E-state index contributed by atoms with van der Waals surface area (Å²) in [6.07, 6.45) is 3.49. The third-order valence-corrected chi connectivity index (χ3v) is 2.29. The van der Waals surface area contributed by atoms with Crippen molar-refractivity contribution in [3.05, 3.63) is 47.9 Å². The van der Waals surface area contributed by atoms with Crippen LogP contribution in [0.4, 0.5) is 0 Å². The summed E-state index contributed by atoms with van der Waals surface area (Å²) in [5, 5.41) is 3.07. The molecule has 17 heavy (non-hydrogen) atoms. The van der Waals surface area contributed by atoms with Crippen molar-refractivity contribution in [1.82, 2.24) is 15.3 Å². The highest BCUT2D eigenvalue weighted by atomic mass is 16.5. The zero-order valence-electron chi connectivity index (χ0n) is 9.97. The summed E-state index contributed by atoms with van der Waals surface area (Å²) in [6, 6.07) is 7.63. The molecule has 0 atom stereocenters. The minimum absolute atomic E-state index is 0.579. The fraction of sp³-hybridized carbons (Fsp3) is 0.231. The van der Waals surface area contributed by atoms with Crippen LogP contribution in [0.25, 0.3) is 0 Å². The Balaban J connectivity index is 2.05. The maximum absolute atomic E-state index is 5.57. The van der Waals surface area contributed by atoms with Crippen molar-refractivity contribution in [3.8, 4) is 11.6 Å². The van der Waals surface area contributed by atoms with Crippen molar-refractivity contribution in [3.63, 3.8) is 0 Å². The van der Waals surface area contributed by atoms with Crippen molar-refractivity contribution in [1.29, 1.82) is 0 Å². The molecule has 2 rings (SSSR count). The van der Waals surface area contributed by atoms with E-state index in [2.05, 4.69) is 15.3 Å². The van der Waals surface area contributed by atoms with Crippen molar-refractivity contribution in [2.24, 2.45) is 0 Å². The first kappa shape index (κ1) is 11.5. The van der Waals surface area contributed by atoms with Crippen molar-refractivity contribution < 1.29 is 4.74 Å². The molecule has 2 aromatic heterocycles. The monoisotopic (exact) mass is 229 g/mol. The van der Waals surface area contributed by atoms with Gasteiger partial charge in [-0.05, 0) is 31.7 Å². The second kappa shape index (κ2) is 5.41. The summed E-state index contributed by atoms with van der Waals surface area (Å²) in [5.41, 5.74) is 2.09. The molecule has 88 valence electrons. The van der Waals surface area contributed by atoms with Crippen LogP contribution < -0.4 is 10.1 Å². The largest absolute Gasteiger partial charge is 0.437 e. The highest BCUT2D eigenvalue weighted by Crippen LogP contribution is 2.18. The van der Waals surface area contributed by atoms with Crippen LogP contribution in [0.15, 0.2) is 36.7 Å². The van der Waals surface area contributed by atoms with Gasteiger partial charge in [-0.2, -0.15) is 0 Å². The van der Waals surface area contributed by atoms with E-state index in [1.54, 1.807) is 12.4 Å². The molecule has 2 heterocycles. The smallest absolute Gasteiger partial charge is 0.219 e. The first-order valence-electron chi connectivity index (χ1n) is 5.48. The third-order valence-electron chi connectivity index (χ3n) is 2.29. The van der Waals surface area contributed by atoms with E-state index < -0.39 is 0 Å². The molecule has 2 aromatic rings. The van der Waals surface area contributed by atoms with Gasteiger partial charge in [0.25, 0.3) is 0 Å². The Hall–Kier alpha value is -1.94. The van der Waals surface area contributed by atoms with E-state index in [-0.39, 0.29) is 0 Å². The number of hydrogen-bond acceptors (Lipinski definition) is 4. The normalized spacial score (nSPS) is 10.2. The highest BCUT2D eigenvalue weighted by molar-refractivity contribution is 5.26. The first-order valence-corrected chi connectivity index (χ1v) is 5.48. The predicted molar refractivity (Wildman–Crippen MR) is 66.0 cm³/mol. The highest BCUT2D eigenvalue weighted by Gasteiger charge is 1.99. The van der Waals surface area contributed by atoms with E-state index >= 15 is 0 Å². The molecule has 0 saturated heterocycles.